The van der Waals surface area contributed by atoms with Gasteiger partial charge < -0.3 is 26.8 Å². The van der Waals surface area contributed by atoms with Crippen LogP contribution in [0.2, 0.25) is 0 Å². The molecular weight excluding hydrogens is 474 g/mol. The monoisotopic (exact) mass is 497 g/mol. The van der Waals surface area contributed by atoms with Gasteiger partial charge in [-0.25, -0.2) is 13.2 Å². The summed E-state index contributed by atoms with van der Waals surface area (Å²) < 4.78 is 28.9. The van der Waals surface area contributed by atoms with E-state index in [1.165, 1.54) is 38.1 Å². The molecule has 3 aromatic carbocycles. The largest absolute Gasteiger partial charge is 0.478 e. The average molecular weight is 498 g/mol. The number of anilines is 6. The number of hydrogen-bond donors (Lipinski definition) is 6. The lowest BCUT2D eigenvalue weighted by Gasteiger charge is -2.17. The smallest absolute Gasteiger partial charge is 0.335 e. The van der Waals surface area contributed by atoms with E-state index in [0.717, 1.165) is 12.1 Å². The van der Waals surface area contributed by atoms with Gasteiger partial charge >= 0.3 is 5.97 Å². The Morgan fingerprint density at radius 3 is 1.69 bits per heavy atom. The second-order valence-corrected chi connectivity index (χ2v) is 9.14. The van der Waals surface area contributed by atoms with Crippen molar-refractivity contribution in [2.75, 3.05) is 26.4 Å². The highest BCUT2D eigenvalue weighted by Gasteiger charge is 2.24. The van der Waals surface area contributed by atoms with Gasteiger partial charge in [-0.2, -0.15) is 0 Å². The van der Waals surface area contributed by atoms with Crippen LogP contribution in [0.15, 0.2) is 65.6 Å². The van der Waals surface area contributed by atoms with E-state index in [4.69, 9.17) is 5.73 Å². The van der Waals surface area contributed by atoms with Crippen LogP contribution in [0, 0.1) is 0 Å². The molecule has 0 aliphatic heterocycles. The summed E-state index contributed by atoms with van der Waals surface area (Å²) in [6, 6.07) is 14.5. The summed E-state index contributed by atoms with van der Waals surface area (Å²) in [5.41, 5.74) is 7.26. The Bertz CT molecular complexity index is 1390. The second kappa shape index (κ2) is 10.1. The van der Waals surface area contributed by atoms with E-state index >= 15 is 0 Å². The first-order valence-electron chi connectivity index (χ1n) is 10.2. The van der Waals surface area contributed by atoms with Crippen LogP contribution in [-0.2, 0) is 19.6 Å². The van der Waals surface area contributed by atoms with Crippen LogP contribution in [0.25, 0.3) is 0 Å². The number of aromatic carboxylic acids is 1. The van der Waals surface area contributed by atoms with E-state index < -0.39 is 16.0 Å². The molecule has 35 heavy (non-hydrogen) atoms. The topological polar surface area (TPSA) is 180 Å². The molecule has 7 N–H and O–H groups in total. The fourth-order valence-corrected chi connectivity index (χ4v) is 4.40. The maximum absolute atomic E-state index is 13.3. The molecule has 182 valence electrons. The molecule has 3 aromatic rings. The third-order valence-corrected chi connectivity index (χ3v) is 6.01. The van der Waals surface area contributed by atoms with Crippen molar-refractivity contribution in [1.29, 1.82) is 0 Å². The van der Waals surface area contributed by atoms with Crippen LogP contribution >= 0.6 is 0 Å². The van der Waals surface area contributed by atoms with E-state index in [2.05, 4.69) is 20.7 Å². The highest BCUT2D eigenvalue weighted by Crippen LogP contribution is 2.34. The first-order valence-corrected chi connectivity index (χ1v) is 11.6. The zero-order chi connectivity index (χ0) is 25.8. The Morgan fingerprint density at radius 1 is 0.771 bits per heavy atom. The number of nitrogen functional groups attached to an aromatic ring is 1. The summed E-state index contributed by atoms with van der Waals surface area (Å²) in [5, 5.41) is 17.5. The van der Waals surface area contributed by atoms with Crippen molar-refractivity contribution in [2.45, 2.75) is 18.7 Å². The lowest BCUT2D eigenvalue weighted by Crippen LogP contribution is -2.17. The molecule has 0 fully saturated rings. The molecule has 0 atom stereocenters. The second-order valence-electron chi connectivity index (χ2n) is 7.49. The molecule has 0 saturated carbocycles. The van der Waals surface area contributed by atoms with Crippen molar-refractivity contribution in [1.82, 2.24) is 0 Å². The number of benzene rings is 3. The Morgan fingerprint density at radius 2 is 1.23 bits per heavy atom. The van der Waals surface area contributed by atoms with E-state index in [-0.39, 0.29) is 39.3 Å². The quantitative estimate of drug-likeness (QED) is 0.256. The summed E-state index contributed by atoms with van der Waals surface area (Å²) in [6.07, 6.45) is 0. The summed E-state index contributed by atoms with van der Waals surface area (Å²) in [5.74, 6) is -1.87. The number of carbonyl (C=O) groups is 3. The number of nitrogens with one attached hydrogen (secondary N) is 4. The fourth-order valence-electron chi connectivity index (χ4n) is 3.13. The van der Waals surface area contributed by atoms with Gasteiger partial charge in [-0.15, -0.1) is 0 Å². The standard InChI is InChI=1S/C23H23N5O6S/c1-13(29)25-16-3-5-18(6-4-16)27-22-20(24)11-15(23(31)32)12-21(22)35(33,34)28-19-9-7-17(8-10-19)26-14(2)30/h3-12,27-28H,24H2,1-2H3,(H,25,29)(H,26,30)(H,31,32). The normalized spacial score (nSPS) is 10.8. The molecule has 0 aliphatic rings. The van der Waals surface area contributed by atoms with Crippen LogP contribution in [-0.4, -0.2) is 31.3 Å². The van der Waals surface area contributed by atoms with Crippen LogP contribution in [0.1, 0.15) is 24.2 Å². The summed E-state index contributed by atoms with van der Waals surface area (Å²) >= 11 is 0. The minimum absolute atomic E-state index is 0.0235. The van der Waals surface area contributed by atoms with Gasteiger partial charge in [0.1, 0.15) is 4.90 Å². The van der Waals surface area contributed by atoms with Gasteiger partial charge in [0, 0.05) is 36.6 Å². The lowest BCUT2D eigenvalue weighted by molar-refractivity contribution is -0.115. The SMILES string of the molecule is CC(=O)Nc1ccc(Nc2c(N)cc(C(=O)O)cc2S(=O)(=O)Nc2ccc(NC(C)=O)cc2)cc1. The van der Waals surface area contributed by atoms with Crippen LogP contribution in [0.5, 0.6) is 0 Å². The molecule has 0 aliphatic carbocycles. The summed E-state index contributed by atoms with van der Waals surface area (Å²) in [7, 11) is -4.30. The van der Waals surface area contributed by atoms with Crippen molar-refractivity contribution in [3.8, 4) is 0 Å². The highest BCUT2D eigenvalue weighted by molar-refractivity contribution is 7.93. The Hall–Kier alpha value is -4.58. The molecule has 0 unspecified atom stereocenters. The lowest BCUT2D eigenvalue weighted by atomic mass is 10.1. The Labute approximate surface area is 201 Å². The van der Waals surface area contributed by atoms with Gasteiger partial charge in [0.05, 0.1) is 16.9 Å². The van der Waals surface area contributed by atoms with E-state index in [1.807, 2.05) is 0 Å². The van der Waals surface area contributed by atoms with Gasteiger partial charge in [-0.05, 0) is 60.7 Å². The van der Waals surface area contributed by atoms with Gasteiger partial charge in [-0.1, -0.05) is 0 Å². The highest BCUT2D eigenvalue weighted by atomic mass is 32.2. The number of nitrogens with two attached hydrogens (primary N) is 1. The zero-order valence-electron chi connectivity index (χ0n) is 18.7. The molecular formula is C23H23N5O6S. The first kappa shape index (κ1) is 25.1. The summed E-state index contributed by atoms with van der Waals surface area (Å²) in [6.45, 7) is 2.72. The number of sulfonamides is 1. The predicted molar refractivity (Wildman–Crippen MR) is 133 cm³/mol. The Kier molecular flexibility index (Phi) is 7.25. The van der Waals surface area contributed by atoms with Gasteiger partial charge in [0.15, 0.2) is 0 Å². The zero-order valence-corrected chi connectivity index (χ0v) is 19.6. The van der Waals surface area contributed by atoms with Crippen molar-refractivity contribution >= 4 is 61.9 Å². The van der Waals surface area contributed by atoms with E-state index in [0.29, 0.717) is 17.1 Å². The molecule has 0 heterocycles. The Balaban J connectivity index is 1.98. The van der Waals surface area contributed by atoms with Crippen molar-refractivity contribution in [2.24, 2.45) is 0 Å². The third-order valence-electron chi connectivity index (χ3n) is 4.60. The molecule has 0 radical (unpaired) electrons. The molecule has 2 amide bonds. The first-order chi connectivity index (χ1) is 16.4. The van der Waals surface area contributed by atoms with Crippen molar-refractivity contribution in [3.05, 3.63) is 66.2 Å². The number of carboxylic acids is 1. The minimum atomic E-state index is -4.30. The molecule has 0 spiro atoms. The third kappa shape index (κ3) is 6.48. The summed E-state index contributed by atoms with van der Waals surface area (Å²) in [4.78, 5) is 33.6. The number of carboxylic acid groups (broad SMARTS) is 1. The molecule has 0 bridgehead atoms. The van der Waals surface area contributed by atoms with Gasteiger partial charge in [-0.3, -0.25) is 14.3 Å². The molecule has 11 nitrogen and oxygen atoms in total. The van der Waals surface area contributed by atoms with Crippen LogP contribution < -0.4 is 26.4 Å². The van der Waals surface area contributed by atoms with E-state index in [9.17, 15) is 27.9 Å². The van der Waals surface area contributed by atoms with E-state index in [1.54, 1.807) is 24.3 Å². The van der Waals surface area contributed by atoms with Crippen molar-refractivity contribution < 1.29 is 27.9 Å². The maximum atomic E-state index is 13.3. The fraction of sp³-hybridized carbons (Fsp3) is 0.0870. The molecule has 12 heteroatoms. The minimum Gasteiger partial charge on any atom is -0.478 e. The van der Waals surface area contributed by atoms with Gasteiger partial charge in [0.2, 0.25) is 11.8 Å². The van der Waals surface area contributed by atoms with Gasteiger partial charge in [0.25, 0.3) is 10.0 Å². The van der Waals surface area contributed by atoms with Crippen LogP contribution in [0.3, 0.4) is 0 Å². The average Bonchev–Trinajstić information content (AvgIpc) is 2.76. The van der Waals surface area contributed by atoms with Crippen LogP contribution in [0.4, 0.5) is 34.1 Å². The number of carbonyl (C=O) groups excluding carboxylic acids is 2. The molecule has 3 rings (SSSR count). The molecule has 0 aromatic heterocycles. The number of amides is 2. The predicted octanol–water partition coefficient (Wildman–Crippen LogP) is 3.43. The maximum Gasteiger partial charge on any atom is 0.335 e. The molecule has 0 saturated heterocycles. The number of rotatable bonds is 8. The van der Waals surface area contributed by atoms with Crippen molar-refractivity contribution in [3.63, 3.8) is 0 Å². The number of hydrogen-bond acceptors (Lipinski definition) is 7.